The zero-order valence-corrected chi connectivity index (χ0v) is 39.9. The van der Waals surface area contributed by atoms with Crippen LogP contribution < -0.4 is 33.0 Å². The first-order valence-corrected chi connectivity index (χ1v) is 23.8. The van der Waals surface area contributed by atoms with Crippen molar-refractivity contribution in [3.05, 3.63) is 105 Å². The molecule has 28 heteroatoms. The predicted molar refractivity (Wildman–Crippen MR) is 253 cm³/mol. The molecule has 2 aliphatic heterocycles. The van der Waals surface area contributed by atoms with E-state index in [4.69, 9.17) is 30.4 Å². The Hall–Kier alpha value is -8.24. The van der Waals surface area contributed by atoms with Crippen molar-refractivity contribution in [3.63, 3.8) is 0 Å². The van der Waals surface area contributed by atoms with Gasteiger partial charge in [0.05, 0.1) is 37.2 Å². The molecular formula is C44H45N11O15S2. The highest BCUT2D eigenvalue weighted by molar-refractivity contribution is 8.76. The van der Waals surface area contributed by atoms with Crippen LogP contribution in [0.2, 0.25) is 0 Å². The van der Waals surface area contributed by atoms with Crippen LogP contribution in [0.15, 0.2) is 87.0 Å². The van der Waals surface area contributed by atoms with Crippen LogP contribution in [0.3, 0.4) is 0 Å². The molecule has 4 aromatic rings. The van der Waals surface area contributed by atoms with Crippen molar-refractivity contribution in [2.24, 2.45) is 11.7 Å². The number of hydrogen-bond donors (Lipinski definition) is 8. The Kier molecular flexibility index (Phi) is 15.6. The van der Waals surface area contributed by atoms with Gasteiger partial charge in [-0.3, -0.25) is 29.0 Å². The van der Waals surface area contributed by atoms with Crippen molar-refractivity contribution in [1.29, 1.82) is 0 Å². The molecule has 2 aromatic heterocycles. The molecule has 4 amide bonds. The molecule has 0 bridgehead atoms. The molecule has 3 aliphatic rings. The van der Waals surface area contributed by atoms with E-state index < -0.39 is 89.9 Å². The lowest BCUT2D eigenvalue weighted by atomic mass is 9.86. The Balaban J connectivity index is 0.849. The van der Waals surface area contributed by atoms with Crippen molar-refractivity contribution in [2.75, 3.05) is 44.3 Å². The van der Waals surface area contributed by atoms with Crippen molar-refractivity contribution < 1.29 is 67.5 Å². The summed E-state index contributed by atoms with van der Waals surface area (Å²) in [6, 6.07) is 9.91. The van der Waals surface area contributed by atoms with E-state index in [1.165, 1.54) is 55.2 Å². The van der Waals surface area contributed by atoms with Crippen LogP contribution in [0.25, 0.3) is 11.2 Å². The van der Waals surface area contributed by atoms with E-state index in [2.05, 4.69) is 35.9 Å². The summed E-state index contributed by atoms with van der Waals surface area (Å²) in [6.45, 7) is 0.654. The van der Waals surface area contributed by atoms with E-state index >= 15 is 0 Å². The monoisotopic (exact) mass is 1030 g/mol. The SMILES string of the molecule is COC1=C(C)C(=O)C2=C(C1=O)[C@@H](COC(N)=O)[C@@]1(OC)N(C(=O)OCc3ccc(SSC[C@H](NC(=O)CC[C@H](NC(=O)c4ccc(NCc5cnc6nc(N)[nH]c(=O)c6n5)cc4)C(=O)O)C(=O)O)cc3)CN21. The van der Waals surface area contributed by atoms with Gasteiger partial charge < -0.3 is 61.5 Å². The molecule has 1 saturated heterocycles. The number of aromatic nitrogens is 4. The molecule has 4 atom stereocenters. The lowest BCUT2D eigenvalue weighted by Crippen LogP contribution is -2.77. The van der Waals surface area contributed by atoms with Crippen LogP contribution >= 0.6 is 21.6 Å². The number of nitrogens with one attached hydrogen (secondary N) is 4. The molecule has 0 radical (unpaired) electrons. The number of carboxylic acid groups (broad SMARTS) is 2. The average Bonchev–Trinajstić information content (AvgIpc) is 3.56. The summed E-state index contributed by atoms with van der Waals surface area (Å²) in [5, 5.41) is 27.4. The minimum Gasteiger partial charge on any atom is -0.492 e. The fourth-order valence-electron chi connectivity index (χ4n) is 7.99. The molecule has 0 unspecified atom stereocenters. The van der Waals surface area contributed by atoms with Crippen molar-refractivity contribution in [1.82, 2.24) is 40.4 Å². The number of rotatable bonds is 21. The number of ether oxygens (including phenoxy) is 4. The number of carbonyl (C=O) groups is 8. The number of anilines is 2. The maximum Gasteiger partial charge on any atom is 0.415 e. The third kappa shape index (κ3) is 10.7. The number of carbonyl (C=O) groups excluding carboxylic acids is 6. The van der Waals surface area contributed by atoms with Gasteiger partial charge in [-0.15, -0.1) is 0 Å². The zero-order chi connectivity index (χ0) is 52.0. The van der Waals surface area contributed by atoms with E-state index in [0.29, 0.717) is 21.8 Å². The number of hydrogen-bond acceptors (Lipinski definition) is 21. The first-order chi connectivity index (χ1) is 34.4. The Labute approximate surface area is 414 Å². The van der Waals surface area contributed by atoms with E-state index in [1.807, 2.05) is 0 Å². The Morgan fingerprint density at radius 3 is 2.31 bits per heavy atom. The number of nitrogens with zero attached hydrogens (tertiary/aromatic N) is 5. The van der Waals surface area contributed by atoms with Crippen LogP contribution in [0, 0.1) is 5.92 Å². The zero-order valence-electron chi connectivity index (χ0n) is 38.3. The Bertz CT molecular complexity index is 2990. The molecule has 10 N–H and O–H groups in total. The summed E-state index contributed by atoms with van der Waals surface area (Å²) >= 11 is 0. The standard InChI is InChI=1S/C44H45N11O15S2/c1-20-33(57)32-30(34(58)35(20)67-2)26(17-69-42(46)65)44(68-3)54(32)19-55(44)43(66)70-16-21-4-10-25(11-5-21)72-71-18-28(40(63)64)50-29(56)13-12-27(39(61)62)51-37(59)22-6-8-23(9-7-22)47-14-24-15-48-36-31(49-24)38(60)53-41(45)52-36/h4-11,15,26-28,47H,12-14,16-19H2,1-3H3,(H2,46,65)(H,50,56)(H,51,59)(H,61,62)(H,63,64)(H3,45,48,52,53,60)/t26-,27+,28+,44+/m1/s1. The summed E-state index contributed by atoms with van der Waals surface area (Å²) in [4.78, 5) is 132. The number of Topliss-reactive ketones (excluding diaryl/α,β-unsaturated/α-hetero) is 2. The molecule has 2 aromatic carbocycles. The van der Waals surface area contributed by atoms with Crippen molar-refractivity contribution >= 4 is 91.9 Å². The fraction of sp³-hybridized carbons (Fsp3) is 0.318. The summed E-state index contributed by atoms with van der Waals surface area (Å²) in [6.07, 6.45) is -1.37. The van der Waals surface area contributed by atoms with E-state index in [1.54, 1.807) is 36.4 Å². The normalized spacial score (nSPS) is 17.8. The van der Waals surface area contributed by atoms with Crippen LogP contribution in [0.5, 0.6) is 0 Å². The summed E-state index contributed by atoms with van der Waals surface area (Å²) in [5.74, 6) is -8.70. The summed E-state index contributed by atoms with van der Waals surface area (Å²) in [5.41, 5.74) is 11.9. The van der Waals surface area contributed by atoms with Crippen molar-refractivity contribution in [2.45, 2.75) is 55.7 Å². The van der Waals surface area contributed by atoms with E-state index in [9.17, 15) is 53.4 Å². The maximum absolute atomic E-state index is 13.5. The maximum atomic E-state index is 13.5. The molecule has 26 nitrogen and oxygen atoms in total. The highest BCUT2D eigenvalue weighted by Crippen LogP contribution is 2.54. The van der Waals surface area contributed by atoms with Gasteiger partial charge in [0.1, 0.15) is 32.0 Å². The van der Waals surface area contributed by atoms with Crippen LogP contribution in [-0.2, 0) is 56.1 Å². The van der Waals surface area contributed by atoms with Crippen LogP contribution in [0.1, 0.15) is 41.4 Å². The van der Waals surface area contributed by atoms with E-state index in [0.717, 1.165) is 15.7 Å². The molecule has 378 valence electrons. The van der Waals surface area contributed by atoms with Gasteiger partial charge in [0.15, 0.2) is 16.9 Å². The fourth-order valence-corrected chi connectivity index (χ4v) is 10.2. The van der Waals surface area contributed by atoms with E-state index in [-0.39, 0.29) is 77.3 Å². The number of methoxy groups -OCH3 is 2. The number of carboxylic acids is 2. The number of aromatic amines is 1. The van der Waals surface area contributed by atoms with Gasteiger partial charge in [-0.05, 0) is 55.3 Å². The molecule has 0 saturated carbocycles. The second kappa shape index (κ2) is 21.8. The number of primary amides is 1. The van der Waals surface area contributed by atoms with Gasteiger partial charge in [-0.2, -0.15) is 4.98 Å². The third-order valence-corrected chi connectivity index (χ3v) is 13.9. The van der Waals surface area contributed by atoms with Crippen LogP contribution in [0.4, 0.5) is 21.2 Å². The van der Waals surface area contributed by atoms with Crippen molar-refractivity contribution in [3.8, 4) is 0 Å². The van der Waals surface area contributed by atoms with Gasteiger partial charge >= 0.3 is 24.1 Å². The third-order valence-electron chi connectivity index (χ3n) is 11.5. The molecule has 7 rings (SSSR count). The minimum absolute atomic E-state index is 0.0103. The minimum atomic E-state index is -1.77. The smallest absolute Gasteiger partial charge is 0.415 e. The topological polar surface area (TPSA) is 380 Å². The van der Waals surface area contributed by atoms with Gasteiger partial charge in [0.25, 0.3) is 11.5 Å². The van der Waals surface area contributed by atoms with Gasteiger partial charge in [-0.1, -0.05) is 33.7 Å². The number of fused-ring (bicyclic) bond motifs is 3. The van der Waals surface area contributed by atoms with Crippen LogP contribution in [-0.4, -0.2) is 139 Å². The second-order valence-corrected chi connectivity index (χ2v) is 18.4. The number of nitrogens with two attached hydrogens (primary N) is 2. The molecule has 1 aliphatic carbocycles. The number of aliphatic carboxylic acids is 2. The largest absolute Gasteiger partial charge is 0.492 e. The summed E-state index contributed by atoms with van der Waals surface area (Å²) < 4.78 is 21.7. The molecular weight excluding hydrogens is 987 g/mol. The molecule has 72 heavy (non-hydrogen) atoms. The number of benzene rings is 2. The average molecular weight is 1030 g/mol. The van der Waals surface area contributed by atoms with Gasteiger partial charge in [0, 0.05) is 46.6 Å². The Morgan fingerprint density at radius 2 is 1.65 bits per heavy atom. The number of H-pyrrole nitrogens is 1. The number of amides is 4. The highest BCUT2D eigenvalue weighted by Gasteiger charge is 2.70. The number of allylic oxidation sites excluding steroid dienone is 2. The van der Waals surface area contributed by atoms with Gasteiger partial charge in [-0.25, -0.2) is 34.0 Å². The molecule has 1 fully saturated rings. The van der Waals surface area contributed by atoms with Gasteiger partial charge in [0.2, 0.25) is 29.3 Å². The highest BCUT2D eigenvalue weighted by atomic mass is 33.1. The first kappa shape index (κ1) is 51.6. The Morgan fingerprint density at radius 1 is 0.944 bits per heavy atom. The lowest BCUT2D eigenvalue weighted by Gasteiger charge is -2.58. The summed E-state index contributed by atoms with van der Waals surface area (Å²) in [7, 11) is 4.82. The number of nitrogen functional groups attached to an aromatic ring is 1. The lowest BCUT2D eigenvalue weighted by molar-refractivity contribution is -0.309. The molecule has 0 spiro atoms. The first-order valence-electron chi connectivity index (χ1n) is 21.4. The molecule has 4 heterocycles. The predicted octanol–water partition coefficient (Wildman–Crippen LogP) is 1.44. The second-order valence-electron chi connectivity index (χ2n) is 16.0. The quantitative estimate of drug-likeness (QED) is 0.0432. The number of ketones is 2.